The van der Waals surface area contributed by atoms with Gasteiger partial charge in [-0.1, -0.05) is 31.2 Å². The van der Waals surface area contributed by atoms with Gasteiger partial charge in [0, 0.05) is 0 Å². The van der Waals surface area contributed by atoms with Crippen molar-refractivity contribution in [1.29, 1.82) is 0 Å². The number of ether oxygens (including phenoxy) is 1. The molecule has 0 aliphatic heterocycles. The SMILES string of the molecule is CC1C=CC=CC1NC(=O)OC(C)(C)C. The highest BCUT2D eigenvalue weighted by Gasteiger charge is 2.21. The summed E-state index contributed by atoms with van der Waals surface area (Å²) in [5.74, 6) is 0.308. The number of alkyl carbamates (subject to hydrolysis) is 1. The van der Waals surface area contributed by atoms with Crippen LogP contribution in [0.5, 0.6) is 0 Å². The van der Waals surface area contributed by atoms with Crippen molar-refractivity contribution in [2.75, 3.05) is 0 Å². The van der Waals surface area contributed by atoms with Crippen molar-refractivity contribution in [3.8, 4) is 0 Å². The monoisotopic (exact) mass is 209 g/mol. The lowest BCUT2D eigenvalue weighted by Crippen LogP contribution is -2.41. The van der Waals surface area contributed by atoms with Gasteiger partial charge in [-0.05, 0) is 26.7 Å². The second-order valence-corrected chi connectivity index (χ2v) is 4.80. The van der Waals surface area contributed by atoms with Gasteiger partial charge in [-0.3, -0.25) is 0 Å². The molecule has 84 valence electrons. The first-order chi connectivity index (χ1) is 6.88. The summed E-state index contributed by atoms with van der Waals surface area (Å²) in [6.07, 6.45) is 7.58. The number of carbonyl (C=O) groups excluding carboxylic acids is 1. The van der Waals surface area contributed by atoms with Crippen molar-refractivity contribution < 1.29 is 9.53 Å². The molecule has 0 radical (unpaired) electrons. The van der Waals surface area contributed by atoms with Crippen molar-refractivity contribution in [2.45, 2.75) is 39.3 Å². The van der Waals surface area contributed by atoms with Crippen molar-refractivity contribution in [2.24, 2.45) is 5.92 Å². The van der Waals surface area contributed by atoms with Gasteiger partial charge in [0.05, 0.1) is 6.04 Å². The molecule has 3 nitrogen and oxygen atoms in total. The van der Waals surface area contributed by atoms with E-state index in [0.717, 1.165) is 0 Å². The number of nitrogens with one attached hydrogen (secondary N) is 1. The van der Waals surface area contributed by atoms with E-state index in [4.69, 9.17) is 4.74 Å². The van der Waals surface area contributed by atoms with Crippen LogP contribution in [0.4, 0.5) is 4.79 Å². The van der Waals surface area contributed by atoms with Crippen molar-refractivity contribution in [3.63, 3.8) is 0 Å². The zero-order chi connectivity index (χ0) is 11.5. The lowest BCUT2D eigenvalue weighted by Gasteiger charge is -2.25. The molecule has 15 heavy (non-hydrogen) atoms. The van der Waals surface area contributed by atoms with Gasteiger partial charge in [0.1, 0.15) is 5.60 Å². The second kappa shape index (κ2) is 4.51. The smallest absolute Gasteiger partial charge is 0.408 e. The molecule has 1 N–H and O–H groups in total. The minimum Gasteiger partial charge on any atom is -0.444 e. The molecule has 1 amide bonds. The Balaban J connectivity index is 2.45. The molecule has 0 aromatic carbocycles. The Bertz CT molecular complexity index is 286. The summed E-state index contributed by atoms with van der Waals surface area (Å²) in [5, 5.41) is 2.83. The number of hydrogen-bond donors (Lipinski definition) is 1. The van der Waals surface area contributed by atoms with Gasteiger partial charge in [-0.15, -0.1) is 0 Å². The maximum Gasteiger partial charge on any atom is 0.408 e. The van der Waals surface area contributed by atoms with Gasteiger partial charge in [0.25, 0.3) is 0 Å². The highest BCUT2D eigenvalue weighted by Crippen LogP contribution is 2.13. The van der Waals surface area contributed by atoms with Gasteiger partial charge in [-0.25, -0.2) is 4.79 Å². The maximum absolute atomic E-state index is 11.5. The second-order valence-electron chi connectivity index (χ2n) is 4.80. The third kappa shape index (κ3) is 4.19. The molecule has 0 saturated heterocycles. The van der Waals surface area contributed by atoms with E-state index in [-0.39, 0.29) is 12.1 Å². The number of carbonyl (C=O) groups is 1. The van der Waals surface area contributed by atoms with E-state index in [1.165, 1.54) is 0 Å². The molecule has 1 aliphatic carbocycles. The molecule has 0 spiro atoms. The summed E-state index contributed by atoms with van der Waals surface area (Å²) in [7, 11) is 0. The zero-order valence-electron chi connectivity index (χ0n) is 9.78. The highest BCUT2D eigenvalue weighted by atomic mass is 16.6. The van der Waals surface area contributed by atoms with Crippen LogP contribution < -0.4 is 5.32 Å². The van der Waals surface area contributed by atoms with E-state index in [0.29, 0.717) is 5.92 Å². The Morgan fingerprint density at radius 2 is 1.87 bits per heavy atom. The first-order valence-corrected chi connectivity index (χ1v) is 5.23. The molecule has 0 aromatic heterocycles. The fourth-order valence-corrected chi connectivity index (χ4v) is 1.34. The topological polar surface area (TPSA) is 38.3 Å². The van der Waals surface area contributed by atoms with Gasteiger partial charge in [-0.2, -0.15) is 0 Å². The van der Waals surface area contributed by atoms with Gasteiger partial charge in [0.2, 0.25) is 0 Å². The van der Waals surface area contributed by atoms with Crippen LogP contribution in [0.25, 0.3) is 0 Å². The van der Waals surface area contributed by atoms with Crippen LogP contribution in [-0.2, 0) is 4.74 Å². The molecule has 1 aliphatic rings. The standard InChI is InChI=1S/C12H19NO2/c1-9-7-5-6-8-10(9)13-11(14)15-12(2,3)4/h5-10H,1-4H3,(H,13,14). The molecule has 2 atom stereocenters. The molecular weight excluding hydrogens is 190 g/mol. The molecule has 3 heteroatoms. The molecule has 0 heterocycles. The molecule has 0 fully saturated rings. The normalized spacial score (nSPS) is 25.1. The summed E-state index contributed by atoms with van der Waals surface area (Å²) in [5.41, 5.74) is -0.443. The molecule has 0 saturated carbocycles. The van der Waals surface area contributed by atoms with Crippen LogP contribution in [-0.4, -0.2) is 17.7 Å². The molecule has 1 rings (SSSR count). The van der Waals surface area contributed by atoms with E-state index >= 15 is 0 Å². The maximum atomic E-state index is 11.5. The highest BCUT2D eigenvalue weighted by molar-refractivity contribution is 5.68. The van der Waals surface area contributed by atoms with Crippen LogP contribution in [0.15, 0.2) is 24.3 Å². The van der Waals surface area contributed by atoms with Gasteiger partial charge < -0.3 is 10.1 Å². The molecule has 0 bridgehead atoms. The minimum absolute atomic E-state index is 0.0323. The lowest BCUT2D eigenvalue weighted by atomic mass is 9.97. The molecular formula is C12H19NO2. The van der Waals surface area contributed by atoms with Crippen molar-refractivity contribution in [1.82, 2.24) is 5.32 Å². The number of amides is 1. The van der Waals surface area contributed by atoms with Crippen LogP contribution in [0.2, 0.25) is 0 Å². The Kier molecular flexibility index (Phi) is 3.56. The molecule has 0 aromatic rings. The van der Waals surface area contributed by atoms with Crippen LogP contribution in [0.1, 0.15) is 27.7 Å². The summed E-state index contributed by atoms with van der Waals surface area (Å²) < 4.78 is 5.18. The fraction of sp³-hybridized carbons (Fsp3) is 0.583. The predicted octanol–water partition coefficient (Wildman–Crippen LogP) is 2.64. The quantitative estimate of drug-likeness (QED) is 0.721. The van der Waals surface area contributed by atoms with E-state index in [1.807, 2.05) is 39.0 Å². The van der Waals surface area contributed by atoms with E-state index in [9.17, 15) is 4.79 Å². The summed E-state index contributed by atoms with van der Waals surface area (Å²) in [4.78, 5) is 11.5. The first kappa shape index (κ1) is 11.8. The number of rotatable bonds is 1. The number of allylic oxidation sites excluding steroid dienone is 2. The van der Waals surface area contributed by atoms with Crippen molar-refractivity contribution in [3.05, 3.63) is 24.3 Å². The third-order valence-electron chi connectivity index (χ3n) is 2.09. The Morgan fingerprint density at radius 3 is 2.40 bits per heavy atom. The summed E-state index contributed by atoms with van der Waals surface area (Å²) >= 11 is 0. The third-order valence-corrected chi connectivity index (χ3v) is 2.09. The summed E-state index contributed by atoms with van der Waals surface area (Å²) in [6.45, 7) is 7.62. The van der Waals surface area contributed by atoms with Gasteiger partial charge >= 0.3 is 6.09 Å². The average molecular weight is 209 g/mol. The van der Waals surface area contributed by atoms with E-state index in [1.54, 1.807) is 0 Å². The Morgan fingerprint density at radius 1 is 1.27 bits per heavy atom. The van der Waals surface area contributed by atoms with E-state index in [2.05, 4.69) is 18.3 Å². The van der Waals surface area contributed by atoms with Crippen LogP contribution in [0, 0.1) is 5.92 Å². The minimum atomic E-state index is -0.443. The van der Waals surface area contributed by atoms with Crippen LogP contribution >= 0.6 is 0 Å². The summed E-state index contributed by atoms with van der Waals surface area (Å²) in [6, 6.07) is 0.0323. The number of hydrogen-bond acceptors (Lipinski definition) is 2. The average Bonchev–Trinajstić information content (AvgIpc) is 2.05. The zero-order valence-corrected chi connectivity index (χ0v) is 9.78. The Hall–Kier alpha value is -1.25. The van der Waals surface area contributed by atoms with E-state index < -0.39 is 5.60 Å². The fourth-order valence-electron chi connectivity index (χ4n) is 1.34. The first-order valence-electron chi connectivity index (χ1n) is 5.23. The lowest BCUT2D eigenvalue weighted by molar-refractivity contribution is 0.0506. The predicted molar refractivity (Wildman–Crippen MR) is 60.6 cm³/mol. The van der Waals surface area contributed by atoms with Gasteiger partial charge in [0.15, 0.2) is 0 Å². The Labute approximate surface area is 91.2 Å². The van der Waals surface area contributed by atoms with Crippen LogP contribution in [0.3, 0.4) is 0 Å². The largest absolute Gasteiger partial charge is 0.444 e. The van der Waals surface area contributed by atoms with Crippen molar-refractivity contribution >= 4 is 6.09 Å². The molecule has 2 unspecified atom stereocenters.